The molecule has 0 atom stereocenters. The molecular formula is C15H9Cl2N3OS3. The molecule has 3 rings (SSSR count). The summed E-state index contributed by atoms with van der Waals surface area (Å²) < 4.78 is 7.02. The quantitative estimate of drug-likeness (QED) is 0.507. The Labute approximate surface area is 161 Å². The molecule has 0 fully saturated rings. The van der Waals surface area contributed by atoms with E-state index in [9.17, 15) is 5.26 Å². The van der Waals surface area contributed by atoms with Crippen molar-refractivity contribution in [3.05, 3.63) is 33.9 Å². The number of fused-ring (bicyclic) bond motifs is 1. The smallest absolute Gasteiger partial charge is 0.172 e. The van der Waals surface area contributed by atoms with Crippen molar-refractivity contribution >= 4 is 68.4 Å². The summed E-state index contributed by atoms with van der Waals surface area (Å²) in [5, 5.41) is 10.4. The van der Waals surface area contributed by atoms with Crippen LogP contribution >= 0.6 is 58.1 Å². The van der Waals surface area contributed by atoms with Crippen LogP contribution < -0.4 is 4.74 Å². The predicted octanol–water partition coefficient (Wildman–Crippen LogP) is 5.75. The Morgan fingerprint density at radius 3 is 2.75 bits per heavy atom. The summed E-state index contributed by atoms with van der Waals surface area (Å²) in [4.78, 5) is 10.2. The minimum atomic E-state index is 0.440. The Bertz CT molecular complexity index is 969. The second-order valence-electron chi connectivity index (χ2n) is 4.47. The van der Waals surface area contributed by atoms with E-state index in [2.05, 4.69) is 16.0 Å². The highest BCUT2D eigenvalue weighted by molar-refractivity contribution is 8.01. The van der Waals surface area contributed by atoms with Crippen LogP contribution in [0.2, 0.25) is 10.0 Å². The van der Waals surface area contributed by atoms with Crippen LogP contribution in [0.3, 0.4) is 0 Å². The zero-order valence-electron chi connectivity index (χ0n) is 12.5. The average molecular weight is 414 g/mol. The summed E-state index contributed by atoms with van der Waals surface area (Å²) in [5.74, 6) is 0.529. The SMILES string of the molecule is COc1cc(Sc2c(C#N)cnc3nc(SC)sc23)c(Cl)cc1Cl. The summed E-state index contributed by atoms with van der Waals surface area (Å²) in [6.07, 6.45) is 3.49. The van der Waals surface area contributed by atoms with Crippen LogP contribution in [0, 0.1) is 11.3 Å². The summed E-state index contributed by atoms with van der Waals surface area (Å²) in [6, 6.07) is 5.58. The average Bonchev–Trinajstić information content (AvgIpc) is 3.01. The largest absolute Gasteiger partial charge is 0.495 e. The van der Waals surface area contributed by atoms with E-state index >= 15 is 0 Å². The van der Waals surface area contributed by atoms with E-state index in [0.29, 0.717) is 27.0 Å². The maximum Gasteiger partial charge on any atom is 0.172 e. The van der Waals surface area contributed by atoms with Crippen molar-refractivity contribution < 1.29 is 4.74 Å². The standard InChI is InChI=1S/C15H9Cl2N3OS3/c1-21-10-4-11(9(17)3-8(10)16)23-12-7(5-18)6-19-14-13(12)24-15(20-14)22-2/h3-4,6H,1-2H3. The van der Waals surface area contributed by atoms with Gasteiger partial charge in [-0.25, -0.2) is 9.97 Å². The second kappa shape index (κ2) is 7.38. The Morgan fingerprint density at radius 2 is 2.08 bits per heavy atom. The zero-order valence-corrected chi connectivity index (χ0v) is 16.4. The first kappa shape index (κ1) is 17.6. The third-order valence-electron chi connectivity index (χ3n) is 3.07. The van der Waals surface area contributed by atoms with Gasteiger partial charge >= 0.3 is 0 Å². The molecule has 4 nitrogen and oxygen atoms in total. The van der Waals surface area contributed by atoms with Crippen molar-refractivity contribution in [3.63, 3.8) is 0 Å². The fourth-order valence-corrected chi connectivity index (χ4v) is 5.18. The van der Waals surface area contributed by atoms with Crippen molar-refractivity contribution in [3.8, 4) is 11.8 Å². The number of pyridine rings is 1. The molecule has 0 saturated heterocycles. The van der Waals surface area contributed by atoms with E-state index in [1.165, 1.54) is 29.3 Å². The number of hydrogen-bond donors (Lipinski definition) is 0. The van der Waals surface area contributed by atoms with Gasteiger partial charge in [0.2, 0.25) is 0 Å². The Morgan fingerprint density at radius 1 is 1.29 bits per heavy atom. The molecule has 122 valence electrons. The minimum Gasteiger partial charge on any atom is -0.495 e. The fourth-order valence-electron chi connectivity index (χ4n) is 1.96. The van der Waals surface area contributed by atoms with E-state index in [0.717, 1.165) is 18.8 Å². The first-order valence-electron chi connectivity index (χ1n) is 6.52. The van der Waals surface area contributed by atoms with Crippen molar-refractivity contribution in [1.82, 2.24) is 9.97 Å². The van der Waals surface area contributed by atoms with Crippen molar-refractivity contribution in [1.29, 1.82) is 5.26 Å². The number of ether oxygens (including phenoxy) is 1. The van der Waals surface area contributed by atoms with E-state index in [-0.39, 0.29) is 0 Å². The third-order valence-corrected chi connectivity index (χ3v) is 7.15. The maximum absolute atomic E-state index is 9.43. The molecule has 0 N–H and O–H groups in total. The van der Waals surface area contributed by atoms with Gasteiger partial charge < -0.3 is 4.74 Å². The van der Waals surface area contributed by atoms with Gasteiger partial charge in [-0.1, -0.05) is 46.7 Å². The summed E-state index contributed by atoms with van der Waals surface area (Å²) in [7, 11) is 1.54. The van der Waals surface area contributed by atoms with E-state index < -0.39 is 0 Å². The lowest BCUT2D eigenvalue weighted by Crippen LogP contribution is -1.89. The minimum absolute atomic E-state index is 0.440. The molecule has 0 unspecified atom stereocenters. The van der Waals surface area contributed by atoms with Crippen LogP contribution in [-0.2, 0) is 0 Å². The van der Waals surface area contributed by atoms with Crippen LogP contribution in [0.15, 0.2) is 32.5 Å². The van der Waals surface area contributed by atoms with Gasteiger partial charge in [-0.3, -0.25) is 0 Å². The van der Waals surface area contributed by atoms with Gasteiger partial charge in [-0.2, -0.15) is 5.26 Å². The maximum atomic E-state index is 9.43. The molecule has 0 amide bonds. The molecule has 2 aromatic heterocycles. The first-order chi connectivity index (χ1) is 11.6. The lowest BCUT2D eigenvalue weighted by molar-refractivity contribution is 0.414. The van der Waals surface area contributed by atoms with Crippen LogP contribution in [-0.4, -0.2) is 23.3 Å². The number of halogens is 2. The Kier molecular flexibility index (Phi) is 5.42. The van der Waals surface area contributed by atoms with Gasteiger partial charge in [-0.05, 0) is 18.4 Å². The molecule has 0 spiro atoms. The lowest BCUT2D eigenvalue weighted by Gasteiger charge is -2.10. The molecule has 9 heteroatoms. The predicted molar refractivity (Wildman–Crippen MR) is 101 cm³/mol. The van der Waals surface area contributed by atoms with Gasteiger partial charge in [-0.15, -0.1) is 11.3 Å². The van der Waals surface area contributed by atoms with Crippen molar-refractivity contribution in [2.45, 2.75) is 14.1 Å². The van der Waals surface area contributed by atoms with Crippen LogP contribution in [0.1, 0.15) is 5.56 Å². The molecule has 0 saturated carbocycles. The molecule has 0 bridgehead atoms. The van der Waals surface area contributed by atoms with Crippen molar-refractivity contribution in [2.24, 2.45) is 0 Å². The highest BCUT2D eigenvalue weighted by Crippen LogP contribution is 2.44. The van der Waals surface area contributed by atoms with E-state index in [1.54, 1.807) is 31.0 Å². The van der Waals surface area contributed by atoms with Gasteiger partial charge in [0.05, 0.1) is 32.3 Å². The van der Waals surface area contributed by atoms with E-state index in [1.807, 2.05) is 6.26 Å². The lowest BCUT2D eigenvalue weighted by atomic mass is 10.3. The summed E-state index contributed by atoms with van der Waals surface area (Å²) in [6.45, 7) is 0. The number of hydrogen-bond acceptors (Lipinski definition) is 7. The molecule has 0 aliphatic heterocycles. The molecule has 2 heterocycles. The van der Waals surface area contributed by atoms with Crippen LogP contribution in [0.25, 0.3) is 10.3 Å². The molecule has 0 aliphatic rings. The Hall–Kier alpha value is -1.17. The summed E-state index contributed by atoms with van der Waals surface area (Å²) in [5.41, 5.74) is 1.11. The Balaban J connectivity index is 2.16. The topological polar surface area (TPSA) is 58.8 Å². The number of nitriles is 1. The normalized spacial score (nSPS) is 10.8. The first-order valence-corrected chi connectivity index (χ1v) is 10.1. The van der Waals surface area contributed by atoms with E-state index in [4.69, 9.17) is 27.9 Å². The number of thioether (sulfide) groups is 1. The molecule has 3 aromatic rings. The molecule has 24 heavy (non-hydrogen) atoms. The van der Waals surface area contributed by atoms with Crippen molar-refractivity contribution in [2.75, 3.05) is 13.4 Å². The van der Waals surface area contributed by atoms with Crippen LogP contribution in [0.5, 0.6) is 5.75 Å². The zero-order chi connectivity index (χ0) is 17.3. The van der Waals surface area contributed by atoms with Crippen LogP contribution in [0.4, 0.5) is 0 Å². The van der Waals surface area contributed by atoms with Gasteiger partial charge in [0.15, 0.2) is 9.99 Å². The summed E-state index contributed by atoms with van der Waals surface area (Å²) >= 11 is 16.8. The molecule has 0 radical (unpaired) electrons. The fraction of sp³-hybridized carbons (Fsp3) is 0.133. The second-order valence-corrected chi connectivity index (χ2v) is 8.39. The third kappa shape index (κ3) is 3.30. The number of benzene rings is 1. The number of aromatic nitrogens is 2. The number of rotatable bonds is 4. The monoisotopic (exact) mass is 413 g/mol. The van der Waals surface area contributed by atoms with Gasteiger partial charge in [0.25, 0.3) is 0 Å². The number of thiazole rings is 1. The molecule has 0 aliphatic carbocycles. The van der Waals surface area contributed by atoms with Gasteiger partial charge in [0.1, 0.15) is 11.8 Å². The molecule has 1 aromatic carbocycles. The highest BCUT2D eigenvalue weighted by atomic mass is 35.5. The number of methoxy groups -OCH3 is 1. The number of nitrogens with zero attached hydrogens (tertiary/aromatic N) is 3. The van der Waals surface area contributed by atoms with Gasteiger partial charge in [0, 0.05) is 11.1 Å². The molecular weight excluding hydrogens is 405 g/mol. The highest BCUT2D eigenvalue weighted by Gasteiger charge is 2.17.